The van der Waals surface area contributed by atoms with Crippen LogP contribution in [0, 0.1) is 5.41 Å². The molecular formula is C11H19N3S. The van der Waals surface area contributed by atoms with E-state index < -0.39 is 0 Å². The lowest BCUT2D eigenvalue weighted by atomic mass is 9.96. The van der Waals surface area contributed by atoms with Gasteiger partial charge < -0.3 is 5.32 Å². The normalized spacial score (nSPS) is 18.9. The quantitative estimate of drug-likeness (QED) is 0.859. The van der Waals surface area contributed by atoms with Crippen molar-refractivity contribution in [3.63, 3.8) is 0 Å². The number of aromatic nitrogens is 2. The average Bonchev–Trinajstić information content (AvgIpc) is 2.66. The molecule has 1 fully saturated rings. The number of hydrogen-bond acceptors (Lipinski definition) is 4. The van der Waals surface area contributed by atoms with Crippen molar-refractivity contribution >= 4 is 16.7 Å². The predicted octanol–water partition coefficient (Wildman–Crippen LogP) is 3.05. The summed E-state index contributed by atoms with van der Waals surface area (Å²) in [4.78, 5) is 4.51. The minimum absolute atomic E-state index is 0.0555. The van der Waals surface area contributed by atoms with Gasteiger partial charge in [0.15, 0.2) is 0 Å². The van der Waals surface area contributed by atoms with E-state index in [1.165, 1.54) is 24.4 Å². The highest BCUT2D eigenvalue weighted by Crippen LogP contribution is 2.44. The van der Waals surface area contributed by atoms with Gasteiger partial charge in [0.05, 0.1) is 0 Å². The van der Waals surface area contributed by atoms with E-state index in [1.807, 2.05) is 0 Å². The number of anilines is 1. The van der Waals surface area contributed by atoms with Crippen LogP contribution in [0.25, 0.3) is 0 Å². The van der Waals surface area contributed by atoms with E-state index in [1.54, 1.807) is 0 Å². The highest BCUT2D eigenvalue weighted by atomic mass is 32.1. The van der Waals surface area contributed by atoms with E-state index in [2.05, 4.69) is 42.4 Å². The van der Waals surface area contributed by atoms with Crippen LogP contribution in [0.4, 0.5) is 5.13 Å². The Labute approximate surface area is 95.5 Å². The van der Waals surface area contributed by atoms with Crippen molar-refractivity contribution in [3.05, 3.63) is 5.82 Å². The molecule has 0 amide bonds. The van der Waals surface area contributed by atoms with Gasteiger partial charge >= 0.3 is 0 Å². The highest BCUT2D eigenvalue weighted by Gasteiger charge is 2.37. The van der Waals surface area contributed by atoms with Gasteiger partial charge in [-0.3, -0.25) is 0 Å². The van der Waals surface area contributed by atoms with Gasteiger partial charge in [-0.25, -0.2) is 4.98 Å². The van der Waals surface area contributed by atoms with Gasteiger partial charge in [-0.1, -0.05) is 27.7 Å². The molecule has 1 aromatic rings. The predicted molar refractivity (Wildman–Crippen MR) is 64.4 cm³/mol. The Morgan fingerprint density at radius 1 is 1.40 bits per heavy atom. The van der Waals surface area contributed by atoms with Crippen LogP contribution in [0.1, 0.15) is 46.4 Å². The Morgan fingerprint density at radius 3 is 2.53 bits per heavy atom. The van der Waals surface area contributed by atoms with Crippen LogP contribution in [0.3, 0.4) is 0 Å². The third kappa shape index (κ3) is 2.68. The van der Waals surface area contributed by atoms with E-state index in [0.717, 1.165) is 17.5 Å². The van der Waals surface area contributed by atoms with Crippen LogP contribution in [-0.4, -0.2) is 15.9 Å². The first-order chi connectivity index (χ1) is 6.89. The van der Waals surface area contributed by atoms with Crippen LogP contribution in [0.5, 0.6) is 0 Å². The van der Waals surface area contributed by atoms with Crippen molar-refractivity contribution in [2.24, 2.45) is 5.41 Å². The molecule has 1 N–H and O–H groups in total. The lowest BCUT2D eigenvalue weighted by Crippen LogP contribution is -2.14. The maximum absolute atomic E-state index is 4.51. The second-order valence-electron chi connectivity index (χ2n) is 5.84. The number of nitrogens with one attached hydrogen (secondary N) is 1. The summed E-state index contributed by atoms with van der Waals surface area (Å²) >= 11 is 1.47. The number of rotatable bonds is 3. The van der Waals surface area contributed by atoms with Crippen molar-refractivity contribution in [2.45, 2.75) is 46.0 Å². The van der Waals surface area contributed by atoms with Crippen LogP contribution in [0.15, 0.2) is 0 Å². The van der Waals surface area contributed by atoms with Gasteiger partial charge in [-0.2, -0.15) is 4.37 Å². The molecule has 15 heavy (non-hydrogen) atoms. The first-order valence-electron chi connectivity index (χ1n) is 5.47. The second-order valence-corrected chi connectivity index (χ2v) is 6.59. The summed E-state index contributed by atoms with van der Waals surface area (Å²) in [5.74, 6) is 0.941. The SMILES string of the molecule is CC1(CNc2nc(C(C)(C)C)ns2)CC1. The molecule has 0 bridgehead atoms. The molecule has 4 heteroatoms. The van der Waals surface area contributed by atoms with Crippen molar-refractivity contribution < 1.29 is 0 Å². The maximum Gasteiger partial charge on any atom is 0.202 e. The summed E-state index contributed by atoms with van der Waals surface area (Å²) in [6.07, 6.45) is 2.68. The fraction of sp³-hybridized carbons (Fsp3) is 0.818. The van der Waals surface area contributed by atoms with Gasteiger partial charge in [0, 0.05) is 23.5 Å². The summed E-state index contributed by atoms with van der Waals surface area (Å²) in [6.45, 7) is 9.76. The first-order valence-corrected chi connectivity index (χ1v) is 6.25. The molecule has 1 aliphatic carbocycles. The minimum atomic E-state index is 0.0555. The van der Waals surface area contributed by atoms with Gasteiger partial charge in [0.1, 0.15) is 5.82 Å². The second kappa shape index (κ2) is 3.44. The molecule has 1 aromatic heterocycles. The molecule has 84 valence electrons. The zero-order valence-corrected chi connectivity index (χ0v) is 10.7. The van der Waals surface area contributed by atoms with Gasteiger partial charge in [0.25, 0.3) is 0 Å². The Hall–Kier alpha value is -0.640. The van der Waals surface area contributed by atoms with Crippen molar-refractivity contribution in [1.82, 2.24) is 9.36 Å². The van der Waals surface area contributed by atoms with Crippen LogP contribution >= 0.6 is 11.5 Å². The molecule has 0 unspecified atom stereocenters. The molecule has 1 saturated carbocycles. The lowest BCUT2D eigenvalue weighted by Gasteiger charge is -2.12. The van der Waals surface area contributed by atoms with Gasteiger partial charge in [-0.05, 0) is 18.3 Å². The lowest BCUT2D eigenvalue weighted by molar-refractivity contribution is 0.554. The molecule has 0 atom stereocenters. The molecule has 0 spiro atoms. The molecular weight excluding hydrogens is 206 g/mol. The fourth-order valence-electron chi connectivity index (χ4n) is 1.28. The smallest absolute Gasteiger partial charge is 0.202 e. The Kier molecular flexibility index (Phi) is 2.49. The molecule has 1 aliphatic rings. The molecule has 0 radical (unpaired) electrons. The van der Waals surface area contributed by atoms with Crippen molar-refractivity contribution in [2.75, 3.05) is 11.9 Å². The number of nitrogens with zero attached hydrogens (tertiary/aromatic N) is 2. The minimum Gasteiger partial charge on any atom is -0.360 e. The third-order valence-electron chi connectivity index (χ3n) is 2.87. The van der Waals surface area contributed by atoms with E-state index in [-0.39, 0.29) is 5.41 Å². The Balaban J connectivity index is 1.95. The molecule has 1 heterocycles. The Bertz CT molecular complexity index is 347. The summed E-state index contributed by atoms with van der Waals surface area (Å²) < 4.78 is 4.38. The van der Waals surface area contributed by atoms with Crippen molar-refractivity contribution in [3.8, 4) is 0 Å². The topological polar surface area (TPSA) is 37.8 Å². The van der Waals surface area contributed by atoms with Gasteiger partial charge in [0.2, 0.25) is 5.13 Å². The largest absolute Gasteiger partial charge is 0.360 e. The summed E-state index contributed by atoms with van der Waals surface area (Å²) in [7, 11) is 0. The maximum atomic E-state index is 4.51. The van der Waals surface area contributed by atoms with Crippen molar-refractivity contribution in [1.29, 1.82) is 0 Å². The monoisotopic (exact) mass is 225 g/mol. The molecule has 0 aromatic carbocycles. The molecule has 0 saturated heterocycles. The summed E-state index contributed by atoms with van der Waals surface area (Å²) in [6, 6.07) is 0. The van der Waals surface area contributed by atoms with E-state index >= 15 is 0 Å². The fourth-order valence-corrected chi connectivity index (χ4v) is 2.03. The van der Waals surface area contributed by atoms with Crippen LogP contribution in [-0.2, 0) is 5.41 Å². The molecule has 3 nitrogen and oxygen atoms in total. The standard InChI is InChI=1S/C11H19N3S/c1-10(2,3)8-13-9(15-14-8)12-7-11(4)5-6-11/h5-7H2,1-4H3,(H,12,13,14). The van der Waals surface area contributed by atoms with E-state index in [0.29, 0.717) is 5.41 Å². The highest BCUT2D eigenvalue weighted by molar-refractivity contribution is 7.09. The molecule has 2 rings (SSSR count). The summed E-state index contributed by atoms with van der Waals surface area (Å²) in [5.41, 5.74) is 0.577. The molecule has 0 aliphatic heterocycles. The average molecular weight is 225 g/mol. The summed E-state index contributed by atoms with van der Waals surface area (Å²) in [5, 5.41) is 4.35. The Morgan fingerprint density at radius 2 is 2.07 bits per heavy atom. The zero-order chi connectivity index (χ0) is 11.1. The first kappa shape index (κ1) is 10.9. The van der Waals surface area contributed by atoms with Gasteiger partial charge in [-0.15, -0.1) is 0 Å². The zero-order valence-electron chi connectivity index (χ0n) is 9.92. The van der Waals surface area contributed by atoms with E-state index in [9.17, 15) is 0 Å². The van der Waals surface area contributed by atoms with Crippen LogP contribution < -0.4 is 5.32 Å². The van der Waals surface area contributed by atoms with E-state index in [4.69, 9.17) is 0 Å². The third-order valence-corrected chi connectivity index (χ3v) is 3.54. The van der Waals surface area contributed by atoms with Crippen LogP contribution in [0.2, 0.25) is 0 Å². The number of hydrogen-bond donors (Lipinski definition) is 1.